The van der Waals surface area contributed by atoms with Gasteiger partial charge in [-0.2, -0.15) is 0 Å². The van der Waals surface area contributed by atoms with Gasteiger partial charge in [0.25, 0.3) is 5.69 Å². The summed E-state index contributed by atoms with van der Waals surface area (Å²) in [4.78, 5) is 33.3. The highest BCUT2D eigenvalue weighted by Crippen LogP contribution is 2.32. The Bertz CT molecular complexity index is 624. The van der Waals surface area contributed by atoms with Gasteiger partial charge in [0.05, 0.1) is 16.9 Å². The summed E-state index contributed by atoms with van der Waals surface area (Å²) in [5, 5.41) is 25.7. The molecule has 1 aromatic rings. The average molecular weight is 349 g/mol. The Labute approximate surface area is 145 Å². The number of carbonyl (C=O) groups excluding carboxylic acids is 1. The molecule has 0 unspecified atom stereocenters. The van der Waals surface area contributed by atoms with Crippen molar-refractivity contribution in [1.82, 2.24) is 5.32 Å². The second kappa shape index (κ2) is 8.46. The van der Waals surface area contributed by atoms with E-state index in [4.69, 9.17) is 5.11 Å². The standard InChI is InChI=1S/C17H23N3O5/c21-15(19-17(12-16(22)23)9-1-2-10-17)4-3-11-18-13-5-7-14(8-6-13)20(24)25/h5-8,18H,1-4,9-12H2,(H,19,21)(H,22,23). The van der Waals surface area contributed by atoms with E-state index in [0.717, 1.165) is 18.5 Å². The number of nitro groups is 1. The number of carboxylic acid groups (broad SMARTS) is 1. The summed E-state index contributed by atoms with van der Waals surface area (Å²) in [6.07, 6.45) is 4.18. The molecular formula is C17H23N3O5. The maximum absolute atomic E-state index is 12.1. The lowest BCUT2D eigenvalue weighted by molar-refractivity contribution is -0.384. The number of nitrogens with one attached hydrogen (secondary N) is 2. The van der Waals surface area contributed by atoms with Crippen LogP contribution in [0.25, 0.3) is 0 Å². The smallest absolute Gasteiger partial charge is 0.305 e. The van der Waals surface area contributed by atoms with E-state index >= 15 is 0 Å². The molecule has 1 aliphatic rings. The molecule has 0 atom stereocenters. The van der Waals surface area contributed by atoms with Crippen LogP contribution in [-0.4, -0.2) is 34.0 Å². The molecule has 0 aliphatic heterocycles. The number of nitrogens with zero attached hydrogens (tertiary/aromatic N) is 1. The van der Waals surface area contributed by atoms with Gasteiger partial charge in [0.1, 0.15) is 0 Å². The van der Waals surface area contributed by atoms with E-state index in [2.05, 4.69) is 10.6 Å². The monoisotopic (exact) mass is 349 g/mol. The molecular weight excluding hydrogens is 326 g/mol. The van der Waals surface area contributed by atoms with Crippen LogP contribution in [-0.2, 0) is 9.59 Å². The number of aliphatic carboxylic acids is 1. The third-order valence-electron chi connectivity index (χ3n) is 4.44. The fourth-order valence-corrected chi connectivity index (χ4v) is 3.23. The van der Waals surface area contributed by atoms with E-state index in [1.807, 2.05) is 0 Å². The normalized spacial score (nSPS) is 15.5. The summed E-state index contributed by atoms with van der Waals surface area (Å²) in [6, 6.07) is 6.09. The summed E-state index contributed by atoms with van der Waals surface area (Å²) in [5.41, 5.74) is 0.198. The Morgan fingerprint density at radius 1 is 1.20 bits per heavy atom. The number of amides is 1. The highest BCUT2D eigenvalue weighted by molar-refractivity contribution is 5.78. The molecule has 8 nitrogen and oxygen atoms in total. The quantitative estimate of drug-likeness (QED) is 0.358. The molecule has 1 fully saturated rings. The molecule has 8 heteroatoms. The Balaban J connectivity index is 1.72. The lowest BCUT2D eigenvalue weighted by Crippen LogP contribution is -2.47. The molecule has 1 saturated carbocycles. The largest absolute Gasteiger partial charge is 0.481 e. The van der Waals surface area contributed by atoms with E-state index < -0.39 is 16.4 Å². The van der Waals surface area contributed by atoms with Gasteiger partial charge in [-0.05, 0) is 31.4 Å². The van der Waals surface area contributed by atoms with Gasteiger partial charge in [0.15, 0.2) is 0 Å². The molecule has 25 heavy (non-hydrogen) atoms. The number of non-ortho nitro benzene ring substituents is 1. The lowest BCUT2D eigenvalue weighted by Gasteiger charge is -2.28. The topological polar surface area (TPSA) is 122 Å². The zero-order chi connectivity index (χ0) is 18.3. The second-order valence-electron chi connectivity index (χ2n) is 6.44. The predicted octanol–water partition coefficient (Wildman–Crippen LogP) is 2.69. The van der Waals surface area contributed by atoms with Gasteiger partial charge in [-0.15, -0.1) is 0 Å². The number of hydrogen-bond acceptors (Lipinski definition) is 5. The molecule has 0 heterocycles. The van der Waals surface area contributed by atoms with Gasteiger partial charge in [-0.25, -0.2) is 0 Å². The zero-order valence-corrected chi connectivity index (χ0v) is 14.0. The second-order valence-corrected chi connectivity index (χ2v) is 6.44. The van der Waals surface area contributed by atoms with Gasteiger partial charge >= 0.3 is 5.97 Å². The minimum absolute atomic E-state index is 0.0280. The summed E-state index contributed by atoms with van der Waals surface area (Å²) < 4.78 is 0. The van der Waals surface area contributed by atoms with Crippen LogP contribution in [0.2, 0.25) is 0 Å². The Morgan fingerprint density at radius 3 is 2.40 bits per heavy atom. The molecule has 0 spiro atoms. The lowest BCUT2D eigenvalue weighted by atomic mass is 9.93. The van der Waals surface area contributed by atoms with Gasteiger partial charge in [0, 0.05) is 30.8 Å². The van der Waals surface area contributed by atoms with Crippen molar-refractivity contribution in [3.8, 4) is 0 Å². The third-order valence-corrected chi connectivity index (χ3v) is 4.44. The van der Waals surface area contributed by atoms with Crippen LogP contribution in [0, 0.1) is 10.1 Å². The van der Waals surface area contributed by atoms with E-state index in [9.17, 15) is 19.7 Å². The van der Waals surface area contributed by atoms with Gasteiger partial charge < -0.3 is 15.7 Å². The molecule has 1 aliphatic carbocycles. The van der Waals surface area contributed by atoms with E-state index in [-0.39, 0.29) is 18.0 Å². The number of benzene rings is 1. The minimum Gasteiger partial charge on any atom is -0.481 e. The predicted molar refractivity (Wildman–Crippen MR) is 92.4 cm³/mol. The summed E-state index contributed by atoms with van der Waals surface area (Å²) in [5.74, 6) is -1.02. The third kappa shape index (κ3) is 5.74. The maximum Gasteiger partial charge on any atom is 0.305 e. The number of anilines is 1. The molecule has 136 valence electrons. The molecule has 2 rings (SSSR count). The molecule has 0 aromatic heterocycles. The summed E-state index contributed by atoms with van der Waals surface area (Å²) >= 11 is 0. The number of hydrogen-bond donors (Lipinski definition) is 3. The van der Waals surface area contributed by atoms with Crippen LogP contribution in [0.3, 0.4) is 0 Å². The molecule has 0 bridgehead atoms. The molecule has 3 N–H and O–H groups in total. The first-order chi connectivity index (χ1) is 11.9. The van der Waals surface area contributed by atoms with Crippen LogP contribution >= 0.6 is 0 Å². The van der Waals surface area contributed by atoms with Crippen LogP contribution in [0.1, 0.15) is 44.9 Å². The SMILES string of the molecule is O=C(O)CC1(NC(=O)CCCNc2ccc([N+](=O)[O-])cc2)CCCC1. The van der Waals surface area contributed by atoms with Gasteiger partial charge in [0.2, 0.25) is 5.91 Å². The number of carboxylic acids is 1. The number of carbonyl (C=O) groups is 2. The van der Waals surface area contributed by atoms with E-state index in [1.54, 1.807) is 12.1 Å². The highest BCUT2D eigenvalue weighted by atomic mass is 16.6. The number of nitro benzene ring substituents is 1. The van der Waals surface area contributed by atoms with Gasteiger partial charge in [-0.1, -0.05) is 12.8 Å². The highest BCUT2D eigenvalue weighted by Gasteiger charge is 2.37. The Morgan fingerprint density at radius 2 is 1.84 bits per heavy atom. The van der Waals surface area contributed by atoms with Crippen molar-refractivity contribution in [3.05, 3.63) is 34.4 Å². The van der Waals surface area contributed by atoms with Crippen molar-refractivity contribution in [2.75, 3.05) is 11.9 Å². The first-order valence-corrected chi connectivity index (χ1v) is 8.41. The summed E-state index contributed by atoms with van der Waals surface area (Å²) in [7, 11) is 0. The van der Waals surface area contributed by atoms with Crippen molar-refractivity contribution in [1.29, 1.82) is 0 Å². The first kappa shape index (κ1) is 18.7. The fourth-order valence-electron chi connectivity index (χ4n) is 3.23. The maximum atomic E-state index is 12.1. The average Bonchev–Trinajstić information content (AvgIpc) is 2.99. The van der Waals surface area contributed by atoms with Crippen molar-refractivity contribution in [2.45, 2.75) is 50.5 Å². The van der Waals surface area contributed by atoms with E-state index in [0.29, 0.717) is 32.2 Å². The van der Waals surface area contributed by atoms with Gasteiger partial charge in [-0.3, -0.25) is 19.7 Å². The zero-order valence-electron chi connectivity index (χ0n) is 14.0. The van der Waals surface area contributed by atoms with Crippen LogP contribution < -0.4 is 10.6 Å². The van der Waals surface area contributed by atoms with E-state index in [1.165, 1.54) is 12.1 Å². The van der Waals surface area contributed by atoms with Crippen molar-refractivity contribution in [2.24, 2.45) is 0 Å². The minimum atomic E-state index is -0.887. The Kier molecular flexibility index (Phi) is 6.32. The summed E-state index contributed by atoms with van der Waals surface area (Å²) in [6.45, 7) is 0.553. The molecule has 0 saturated heterocycles. The fraction of sp³-hybridized carbons (Fsp3) is 0.529. The Hall–Kier alpha value is -2.64. The van der Waals surface area contributed by atoms with Crippen LogP contribution in [0.5, 0.6) is 0 Å². The number of rotatable bonds is 9. The van der Waals surface area contributed by atoms with Crippen LogP contribution in [0.4, 0.5) is 11.4 Å². The first-order valence-electron chi connectivity index (χ1n) is 8.41. The van der Waals surface area contributed by atoms with Crippen molar-refractivity contribution < 1.29 is 19.6 Å². The van der Waals surface area contributed by atoms with Crippen molar-refractivity contribution >= 4 is 23.3 Å². The molecule has 1 amide bonds. The molecule has 0 radical (unpaired) electrons. The molecule has 1 aromatic carbocycles. The van der Waals surface area contributed by atoms with Crippen LogP contribution in [0.15, 0.2) is 24.3 Å². The van der Waals surface area contributed by atoms with Crippen molar-refractivity contribution in [3.63, 3.8) is 0 Å².